The number of aliphatic imine (C=N–C) groups is 1. The maximum atomic E-state index is 15.1. The number of imidazole rings is 2. The van der Waals surface area contributed by atoms with Crippen molar-refractivity contribution in [3.05, 3.63) is 138 Å². The van der Waals surface area contributed by atoms with Gasteiger partial charge < -0.3 is 94.1 Å². The molecule has 0 saturated carbocycles. The van der Waals surface area contributed by atoms with Crippen molar-refractivity contribution < 1.29 is 68.1 Å². The summed E-state index contributed by atoms with van der Waals surface area (Å²) in [5.74, 6) is -8.55. The molecule has 6 aromatic rings. The number of phenols is 1. The second-order valence-corrected chi connectivity index (χ2v) is 24.9. The zero-order chi connectivity index (χ0) is 72.4. The summed E-state index contributed by atoms with van der Waals surface area (Å²) in [5.41, 5.74) is 14.6. The van der Waals surface area contributed by atoms with Gasteiger partial charge in [-0.25, -0.2) is 9.97 Å². The third-order valence-corrected chi connectivity index (χ3v) is 16.5. The smallest absolute Gasteiger partial charge is 0.300 e. The topological polar surface area (TPSA) is 487 Å². The third-order valence-electron chi connectivity index (χ3n) is 16.5. The number of guanidine groups is 1. The van der Waals surface area contributed by atoms with Crippen LogP contribution >= 0.6 is 0 Å². The number of carbonyl (C=O) groups is 11. The van der Waals surface area contributed by atoms with Crippen molar-refractivity contribution in [2.24, 2.45) is 22.4 Å². The van der Waals surface area contributed by atoms with Crippen LogP contribution in [0.4, 0.5) is 0 Å². The zero-order valence-electron chi connectivity index (χ0n) is 56.2. The second kappa shape index (κ2) is 37.5. The van der Waals surface area contributed by atoms with Crippen LogP contribution in [-0.2, 0) is 85.0 Å². The van der Waals surface area contributed by atoms with Crippen molar-refractivity contribution in [1.82, 2.24) is 77.3 Å². The van der Waals surface area contributed by atoms with Crippen LogP contribution in [0, 0.1) is 5.92 Å². The number of nitrogens with one attached hydrogen (secondary N) is 11. The van der Waals surface area contributed by atoms with Crippen molar-refractivity contribution in [1.29, 1.82) is 0 Å². The molecule has 2 aliphatic heterocycles. The monoisotopic (exact) mass is 1380 g/mol. The van der Waals surface area contributed by atoms with Gasteiger partial charge >= 0.3 is 0 Å². The molecule has 10 amide bonds. The first-order valence-corrected chi connectivity index (χ1v) is 33.1. The number of aromatic hydroxyl groups is 1. The van der Waals surface area contributed by atoms with E-state index in [-0.39, 0.29) is 100 Å². The number of hydrogen-bond donors (Lipinski definition) is 16. The van der Waals surface area contributed by atoms with E-state index in [1.165, 1.54) is 41.7 Å². The largest absolute Gasteiger partial charge is 0.508 e. The summed E-state index contributed by atoms with van der Waals surface area (Å²) in [4.78, 5) is 171. The molecule has 536 valence electrons. The van der Waals surface area contributed by atoms with Gasteiger partial charge in [0.05, 0.1) is 25.0 Å². The minimum absolute atomic E-state index is 0.0495. The number of likely N-dealkylation sites (tertiary alicyclic amines) is 1. The third kappa shape index (κ3) is 23.3. The maximum Gasteiger partial charge on any atom is 0.300 e. The van der Waals surface area contributed by atoms with E-state index >= 15 is 9.59 Å². The number of carbonyl (C=O) groups excluding carboxylic acids is 10. The van der Waals surface area contributed by atoms with Gasteiger partial charge in [-0.05, 0) is 86.3 Å². The highest BCUT2D eigenvalue weighted by atomic mass is 16.4. The van der Waals surface area contributed by atoms with Gasteiger partial charge in [0, 0.05) is 100 Å². The molecular weight excluding hydrogens is 1290 g/mol. The first-order valence-electron chi connectivity index (χ1n) is 33.1. The molecule has 8 rings (SSSR count). The van der Waals surface area contributed by atoms with Gasteiger partial charge in [-0.15, -0.1) is 0 Å². The van der Waals surface area contributed by atoms with Crippen LogP contribution in [-0.4, -0.2) is 196 Å². The summed E-state index contributed by atoms with van der Waals surface area (Å²) in [6.45, 7) is 6.58. The highest BCUT2D eigenvalue weighted by Crippen LogP contribution is 2.23. The lowest BCUT2D eigenvalue weighted by atomic mass is 10.0. The second-order valence-electron chi connectivity index (χ2n) is 24.9. The Bertz CT molecular complexity index is 3800. The quantitative estimate of drug-likeness (QED) is 0.0132. The van der Waals surface area contributed by atoms with Crippen molar-refractivity contribution in [3.63, 3.8) is 0 Å². The Morgan fingerprint density at radius 2 is 1.30 bits per heavy atom. The van der Waals surface area contributed by atoms with Gasteiger partial charge in [0.2, 0.25) is 59.1 Å². The fraction of sp³-hybridized carbons (Fsp3) is 0.441. The van der Waals surface area contributed by atoms with E-state index in [4.69, 9.17) is 21.4 Å². The first kappa shape index (κ1) is 76.2. The van der Waals surface area contributed by atoms with Gasteiger partial charge in [0.25, 0.3) is 5.97 Å². The number of benzene rings is 3. The van der Waals surface area contributed by atoms with Gasteiger partial charge in [0.1, 0.15) is 60.1 Å². The Balaban J connectivity index is 0.00000342. The molecular formula is C68H90N18O14. The molecule has 5 heterocycles. The number of carboxylic acids is 1. The van der Waals surface area contributed by atoms with Gasteiger partial charge in [-0.2, -0.15) is 0 Å². The Hall–Kier alpha value is -11.2. The maximum absolute atomic E-state index is 15.1. The van der Waals surface area contributed by atoms with Crippen LogP contribution in [0.25, 0.3) is 10.9 Å². The van der Waals surface area contributed by atoms with Crippen molar-refractivity contribution in [3.8, 4) is 5.75 Å². The van der Waals surface area contributed by atoms with Gasteiger partial charge in [-0.1, -0.05) is 74.5 Å². The summed E-state index contributed by atoms with van der Waals surface area (Å²) in [5, 5.41) is 53.7. The highest BCUT2D eigenvalue weighted by Gasteiger charge is 2.40. The molecule has 0 spiro atoms. The number of aromatic nitrogens is 5. The molecule has 0 bridgehead atoms. The van der Waals surface area contributed by atoms with E-state index in [1.807, 2.05) is 50.2 Å². The van der Waals surface area contributed by atoms with Crippen LogP contribution in [0.15, 0.2) is 115 Å². The number of aliphatic hydroxyl groups is 1. The Kier molecular flexibility index (Phi) is 28.6. The van der Waals surface area contributed by atoms with E-state index < -0.39 is 114 Å². The van der Waals surface area contributed by atoms with Crippen molar-refractivity contribution in [2.45, 2.75) is 159 Å². The number of rotatable bonds is 34. The Morgan fingerprint density at radius 1 is 0.700 bits per heavy atom. The van der Waals surface area contributed by atoms with Crippen LogP contribution in [0.2, 0.25) is 0 Å². The fourth-order valence-electron chi connectivity index (χ4n) is 11.6. The van der Waals surface area contributed by atoms with E-state index in [0.717, 1.165) is 12.5 Å². The molecule has 2 fully saturated rings. The SMILES string of the molecule is CC(=O)O.CCNC(=O)[C@@H]1CCCN1C(=O)[C@H](CCCN=C(N)N)NC(=O)[C@@H](CC(C)C)NC(=O)[C@@H](Cc1cn(Cc2ccccc2)cn1)NC(=O)[C@H](Cc1ccc(O)cc1)NC(=O)[C@H](CO)NC(=O)[C@H](Cc1c[nH]c2ccccc12)NC(=O)[C@H](Cc1cnc[nH]1)NC(=O)[C@@H]1CCC(=O)N1. The van der Waals surface area contributed by atoms with Crippen molar-refractivity contribution >= 4 is 81.9 Å². The molecule has 18 N–H and O–H groups in total. The number of fused-ring (bicyclic) bond motifs is 1. The minimum atomic E-state index is -1.79. The lowest BCUT2D eigenvalue weighted by molar-refractivity contribution is -0.142. The zero-order valence-corrected chi connectivity index (χ0v) is 56.2. The Morgan fingerprint density at radius 3 is 1.92 bits per heavy atom. The molecule has 2 saturated heterocycles. The predicted octanol–water partition coefficient (Wildman–Crippen LogP) is -0.906. The lowest BCUT2D eigenvalue weighted by Crippen LogP contribution is -2.61. The summed E-state index contributed by atoms with van der Waals surface area (Å²) in [6, 6.07) is 10.5. The Labute approximate surface area is 576 Å². The van der Waals surface area contributed by atoms with Crippen molar-refractivity contribution in [2.75, 3.05) is 26.2 Å². The highest BCUT2D eigenvalue weighted by molar-refractivity contribution is 5.99. The summed E-state index contributed by atoms with van der Waals surface area (Å²) in [7, 11) is 0. The molecule has 2 aliphatic rings. The lowest BCUT2D eigenvalue weighted by Gasteiger charge is -2.30. The molecule has 32 heteroatoms. The molecule has 100 heavy (non-hydrogen) atoms. The average molecular weight is 1380 g/mol. The predicted molar refractivity (Wildman–Crippen MR) is 365 cm³/mol. The number of nitrogens with zero attached hydrogens (tertiary/aromatic N) is 5. The fourth-order valence-corrected chi connectivity index (χ4v) is 11.6. The molecule has 0 radical (unpaired) electrons. The number of phenolic OH excluding ortho intramolecular Hbond substituents is 1. The number of H-pyrrole nitrogens is 2. The molecule has 0 unspecified atom stereocenters. The normalized spacial score (nSPS) is 16.1. The number of aliphatic hydroxyl groups excluding tert-OH is 1. The summed E-state index contributed by atoms with van der Waals surface area (Å²) >= 11 is 0. The molecule has 0 aliphatic carbocycles. The molecule has 32 nitrogen and oxygen atoms in total. The minimum Gasteiger partial charge on any atom is -0.508 e. The molecule has 3 aromatic carbocycles. The number of para-hydroxylation sites is 1. The van der Waals surface area contributed by atoms with Crippen LogP contribution in [0.1, 0.15) is 101 Å². The molecule has 3 aromatic heterocycles. The van der Waals surface area contributed by atoms with Crippen LogP contribution in [0.3, 0.4) is 0 Å². The standard InChI is InChI=1S/C66H86N18O12.C2H4O2/c1-4-70-64(95)55-17-11-25-84(55)65(96)48(16-10-24-71-66(67)68)76-58(89)49(26-38(2)3)77-62(93)53(30-43-34-83(37-74-43)33-40-12-6-5-7-13-40)81-59(90)50(27-39-18-20-44(86)21-19-39)78-63(94)54(35-85)82-60(91)51(28-41-31-72-46-15-9-8-14-45(41)46)79-61(92)52(29-42-32-69-36-73-42)80-57(88)47-22-23-56(87)75-47;1-2(3)4/h5-9,12-15,18-21,31-32,34,36-38,47-55,72,85-86H,4,10-11,16-17,22-30,33,35H2,1-3H3,(H,69,73)(H,70,95)(H,75,87)(H,76,89)(H,77,93)(H,78,94)(H,79,92)(H,80,88)(H,81,90)(H,82,91)(H4,67,68,71);1H3,(H,3,4)/t47-,48-,49+,50-,51-,52-,53+,54-,55-;/m0./s1. The number of likely N-dealkylation sites (N-methyl/N-ethyl adjacent to an activating group) is 1. The first-order chi connectivity index (χ1) is 47.9. The van der Waals surface area contributed by atoms with E-state index in [9.17, 15) is 48.6 Å². The number of nitrogens with two attached hydrogens (primary N) is 2. The number of hydrogen-bond acceptors (Lipinski definition) is 16. The number of amides is 10. The van der Waals surface area contributed by atoms with Gasteiger partial charge in [-0.3, -0.25) is 57.7 Å². The number of aromatic amines is 2. The van der Waals surface area contributed by atoms with Crippen LogP contribution < -0.4 is 59.3 Å². The number of aliphatic carboxylic acids is 1. The summed E-state index contributed by atoms with van der Waals surface area (Å²) in [6.07, 6.45) is 8.49. The summed E-state index contributed by atoms with van der Waals surface area (Å²) < 4.78 is 1.78. The van der Waals surface area contributed by atoms with E-state index in [2.05, 4.69) is 72.8 Å². The van der Waals surface area contributed by atoms with Gasteiger partial charge in [0.15, 0.2) is 5.96 Å². The molecule has 9 atom stereocenters. The number of carboxylic acid groups (broad SMARTS) is 1. The van der Waals surface area contributed by atoms with E-state index in [0.29, 0.717) is 59.3 Å². The average Bonchev–Trinajstić information content (AvgIpc) is 1.61. The van der Waals surface area contributed by atoms with Crippen LogP contribution in [0.5, 0.6) is 5.75 Å². The van der Waals surface area contributed by atoms with E-state index in [1.54, 1.807) is 48.4 Å².